The predicted molar refractivity (Wildman–Crippen MR) is 47.8 cm³/mol. The number of carbonyl (C=O) groups excluding carboxylic acids is 2. The number of nitrogens with one attached hydrogen (secondary N) is 1. The zero-order valence-electron chi connectivity index (χ0n) is 8.14. The van der Waals surface area contributed by atoms with Gasteiger partial charge in [0.25, 0.3) is 0 Å². The van der Waals surface area contributed by atoms with Crippen molar-refractivity contribution in [2.45, 2.75) is 39.5 Å². The van der Waals surface area contributed by atoms with Crippen molar-refractivity contribution in [3.8, 4) is 0 Å². The molecule has 2 fully saturated rings. The third-order valence-electron chi connectivity index (χ3n) is 4.05. The first kappa shape index (κ1) is 8.73. The lowest BCUT2D eigenvalue weighted by atomic mass is 9.59. The van der Waals surface area contributed by atoms with E-state index in [1.807, 2.05) is 13.8 Å². The molecule has 2 aliphatic rings. The Hall–Kier alpha value is -0.860. The molecule has 1 saturated heterocycles. The van der Waals surface area contributed by atoms with Gasteiger partial charge in [-0.05, 0) is 26.7 Å². The van der Waals surface area contributed by atoms with Crippen LogP contribution in [-0.2, 0) is 9.59 Å². The summed E-state index contributed by atoms with van der Waals surface area (Å²) in [5.41, 5.74) is -0.884. The Morgan fingerprint density at radius 3 is 1.77 bits per heavy atom. The van der Waals surface area contributed by atoms with E-state index in [4.69, 9.17) is 0 Å². The molecule has 1 aliphatic carbocycles. The number of hydrogen-bond donors (Lipinski definition) is 1. The van der Waals surface area contributed by atoms with Crippen molar-refractivity contribution in [3.63, 3.8) is 0 Å². The SMILES string of the molecule is C[C@@]12CCCC[C@@]1(C)C(=O)NC2=O. The van der Waals surface area contributed by atoms with Gasteiger partial charge in [-0.25, -0.2) is 0 Å². The molecule has 1 aliphatic heterocycles. The molecule has 0 unspecified atom stereocenters. The van der Waals surface area contributed by atoms with Crippen LogP contribution in [0.25, 0.3) is 0 Å². The first-order chi connectivity index (χ1) is 6.01. The molecule has 0 radical (unpaired) electrons. The predicted octanol–water partition coefficient (Wildman–Crippen LogP) is 1.23. The van der Waals surface area contributed by atoms with Crippen LogP contribution in [0.2, 0.25) is 0 Å². The molecule has 13 heavy (non-hydrogen) atoms. The van der Waals surface area contributed by atoms with Gasteiger partial charge in [-0.15, -0.1) is 0 Å². The van der Waals surface area contributed by atoms with Gasteiger partial charge in [-0.2, -0.15) is 0 Å². The van der Waals surface area contributed by atoms with E-state index in [0.717, 1.165) is 25.7 Å². The van der Waals surface area contributed by atoms with E-state index < -0.39 is 10.8 Å². The molecule has 1 N–H and O–H groups in total. The molecule has 2 rings (SSSR count). The van der Waals surface area contributed by atoms with Crippen LogP contribution < -0.4 is 5.32 Å². The molecule has 1 heterocycles. The maximum atomic E-state index is 11.6. The van der Waals surface area contributed by atoms with E-state index in [1.54, 1.807) is 0 Å². The van der Waals surface area contributed by atoms with Gasteiger partial charge in [-0.3, -0.25) is 14.9 Å². The minimum atomic E-state index is -0.442. The maximum Gasteiger partial charge on any atom is 0.233 e. The van der Waals surface area contributed by atoms with Crippen molar-refractivity contribution in [3.05, 3.63) is 0 Å². The van der Waals surface area contributed by atoms with Crippen molar-refractivity contribution < 1.29 is 9.59 Å². The van der Waals surface area contributed by atoms with Gasteiger partial charge in [0, 0.05) is 0 Å². The topological polar surface area (TPSA) is 46.2 Å². The fraction of sp³-hybridized carbons (Fsp3) is 0.800. The zero-order chi connectivity index (χ0) is 9.69. The Morgan fingerprint density at radius 2 is 1.38 bits per heavy atom. The smallest absolute Gasteiger partial charge is 0.233 e. The summed E-state index contributed by atoms with van der Waals surface area (Å²) in [6.45, 7) is 3.85. The summed E-state index contributed by atoms with van der Waals surface area (Å²) in [6.07, 6.45) is 3.82. The minimum Gasteiger partial charge on any atom is -0.295 e. The first-order valence-corrected chi connectivity index (χ1v) is 4.87. The second-order valence-corrected chi connectivity index (χ2v) is 4.65. The highest BCUT2D eigenvalue weighted by atomic mass is 16.2. The summed E-state index contributed by atoms with van der Waals surface area (Å²) in [5, 5.41) is 2.46. The number of amides is 2. The monoisotopic (exact) mass is 181 g/mol. The quantitative estimate of drug-likeness (QED) is 0.571. The highest BCUT2D eigenvalue weighted by Gasteiger charge is 2.60. The van der Waals surface area contributed by atoms with Gasteiger partial charge in [0.15, 0.2) is 0 Å². The fourth-order valence-electron chi connectivity index (χ4n) is 2.62. The van der Waals surface area contributed by atoms with Crippen LogP contribution in [0.4, 0.5) is 0 Å². The third-order valence-corrected chi connectivity index (χ3v) is 4.05. The molecule has 0 aromatic rings. The number of imide groups is 1. The number of fused-ring (bicyclic) bond motifs is 1. The minimum absolute atomic E-state index is 0.0697. The summed E-state index contributed by atoms with van der Waals surface area (Å²) in [5.74, 6) is -0.139. The average Bonchev–Trinajstić information content (AvgIpc) is 2.25. The van der Waals surface area contributed by atoms with E-state index in [2.05, 4.69) is 5.32 Å². The van der Waals surface area contributed by atoms with E-state index in [0.29, 0.717) is 0 Å². The van der Waals surface area contributed by atoms with Gasteiger partial charge >= 0.3 is 0 Å². The van der Waals surface area contributed by atoms with Gasteiger partial charge in [0.1, 0.15) is 0 Å². The highest BCUT2D eigenvalue weighted by molar-refractivity contribution is 6.09. The van der Waals surface area contributed by atoms with Crippen LogP contribution >= 0.6 is 0 Å². The van der Waals surface area contributed by atoms with Crippen LogP contribution in [0.1, 0.15) is 39.5 Å². The molecule has 72 valence electrons. The van der Waals surface area contributed by atoms with E-state index >= 15 is 0 Å². The average molecular weight is 181 g/mol. The molecule has 3 nitrogen and oxygen atoms in total. The number of carbonyl (C=O) groups is 2. The van der Waals surface area contributed by atoms with Crippen LogP contribution in [0.15, 0.2) is 0 Å². The van der Waals surface area contributed by atoms with Crippen molar-refractivity contribution in [1.82, 2.24) is 5.32 Å². The maximum absolute atomic E-state index is 11.6. The second-order valence-electron chi connectivity index (χ2n) is 4.65. The molecule has 0 aromatic heterocycles. The zero-order valence-corrected chi connectivity index (χ0v) is 8.14. The lowest BCUT2D eigenvalue weighted by Gasteiger charge is -2.40. The van der Waals surface area contributed by atoms with Crippen LogP contribution in [-0.4, -0.2) is 11.8 Å². The summed E-state index contributed by atoms with van der Waals surface area (Å²) in [4.78, 5) is 23.2. The summed E-state index contributed by atoms with van der Waals surface area (Å²) < 4.78 is 0. The molecule has 0 bridgehead atoms. The summed E-state index contributed by atoms with van der Waals surface area (Å²) >= 11 is 0. The van der Waals surface area contributed by atoms with Crippen molar-refractivity contribution in [2.75, 3.05) is 0 Å². The standard InChI is InChI=1S/C10H15NO2/c1-9-5-3-4-6-10(9,2)8(13)11-7(9)12/h3-6H2,1-2H3,(H,11,12,13)/t9-,10-/m0/s1. The molecule has 3 heteroatoms. The highest BCUT2D eigenvalue weighted by Crippen LogP contribution is 2.53. The Morgan fingerprint density at radius 1 is 1.00 bits per heavy atom. The summed E-state index contributed by atoms with van der Waals surface area (Å²) in [6, 6.07) is 0. The first-order valence-electron chi connectivity index (χ1n) is 4.87. The molecule has 0 aromatic carbocycles. The van der Waals surface area contributed by atoms with Gasteiger partial charge in [0.2, 0.25) is 11.8 Å². The van der Waals surface area contributed by atoms with Crippen molar-refractivity contribution in [1.29, 1.82) is 0 Å². The van der Waals surface area contributed by atoms with Gasteiger partial charge in [-0.1, -0.05) is 12.8 Å². The summed E-state index contributed by atoms with van der Waals surface area (Å²) in [7, 11) is 0. The van der Waals surface area contributed by atoms with Crippen molar-refractivity contribution >= 4 is 11.8 Å². The lowest BCUT2D eigenvalue weighted by Crippen LogP contribution is -2.42. The molecular weight excluding hydrogens is 166 g/mol. The fourth-order valence-corrected chi connectivity index (χ4v) is 2.62. The van der Waals surface area contributed by atoms with Crippen LogP contribution in [0.3, 0.4) is 0 Å². The Labute approximate surface area is 77.9 Å². The van der Waals surface area contributed by atoms with Crippen LogP contribution in [0.5, 0.6) is 0 Å². The Bertz CT molecular complexity index is 259. The van der Waals surface area contributed by atoms with E-state index in [9.17, 15) is 9.59 Å². The van der Waals surface area contributed by atoms with E-state index in [1.165, 1.54) is 0 Å². The molecular formula is C10H15NO2. The number of hydrogen-bond acceptors (Lipinski definition) is 2. The van der Waals surface area contributed by atoms with Crippen LogP contribution in [0, 0.1) is 10.8 Å². The number of rotatable bonds is 0. The largest absolute Gasteiger partial charge is 0.295 e. The molecule has 1 saturated carbocycles. The second kappa shape index (κ2) is 2.34. The normalized spacial score (nSPS) is 44.5. The third kappa shape index (κ3) is 0.847. The molecule has 2 atom stereocenters. The Balaban J connectivity index is 2.46. The van der Waals surface area contributed by atoms with Gasteiger partial charge < -0.3 is 0 Å². The molecule has 2 amide bonds. The van der Waals surface area contributed by atoms with Crippen molar-refractivity contribution in [2.24, 2.45) is 10.8 Å². The lowest BCUT2D eigenvalue weighted by molar-refractivity contribution is -0.135. The molecule has 0 spiro atoms. The van der Waals surface area contributed by atoms with Gasteiger partial charge in [0.05, 0.1) is 10.8 Å². The Kier molecular flexibility index (Phi) is 1.57. The van der Waals surface area contributed by atoms with E-state index in [-0.39, 0.29) is 11.8 Å².